The van der Waals surface area contributed by atoms with Gasteiger partial charge in [0, 0.05) is 30.1 Å². The molecular weight excluding hydrogens is 434 g/mol. The molecule has 4 rings (SSSR count). The summed E-state index contributed by atoms with van der Waals surface area (Å²) >= 11 is 1.23. The third-order valence-electron chi connectivity index (χ3n) is 5.69. The first-order valence-electron chi connectivity index (χ1n) is 10.8. The summed E-state index contributed by atoms with van der Waals surface area (Å²) < 4.78 is 32.8. The van der Waals surface area contributed by atoms with Crippen LogP contribution >= 0.6 is 11.3 Å². The molecule has 2 aromatic rings. The number of ether oxygens (including phenoxy) is 1. The van der Waals surface area contributed by atoms with Crippen molar-refractivity contribution in [1.82, 2.24) is 14.5 Å². The molecule has 31 heavy (non-hydrogen) atoms. The van der Waals surface area contributed by atoms with Crippen LogP contribution in [-0.4, -0.2) is 76.0 Å². The van der Waals surface area contributed by atoms with Crippen molar-refractivity contribution in [3.05, 3.63) is 42.0 Å². The van der Waals surface area contributed by atoms with E-state index in [0.29, 0.717) is 42.6 Å². The van der Waals surface area contributed by atoms with Crippen molar-refractivity contribution in [2.75, 3.05) is 52.5 Å². The predicted molar refractivity (Wildman–Crippen MR) is 122 cm³/mol. The first-order chi connectivity index (χ1) is 15.0. The molecule has 1 aromatic heterocycles. The number of rotatable bonds is 8. The predicted octanol–water partition coefficient (Wildman–Crippen LogP) is 2.65. The Morgan fingerprint density at radius 1 is 1.06 bits per heavy atom. The number of carbonyl (C=O) groups excluding carboxylic acids is 1. The van der Waals surface area contributed by atoms with E-state index in [9.17, 15) is 13.2 Å². The Morgan fingerprint density at radius 2 is 1.84 bits per heavy atom. The van der Waals surface area contributed by atoms with Gasteiger partial charge in [0.05, 0.1) is 13.2 Å². The average molecular weight is 464 g/mol. The number of carbonyl (C=O) groups is 1. The van der Waals surface area contributed by atoms with Gasteiger partial charge in [-0.05, 0) is 68.7 Å². The van der Waals surface area contributed by atoms with E-state index in [1.165, 1.54) is 41.6 Å². The summed E-state index contributed by atoms with van der Waals surface area (Å²) in [6, 6.07) is 10.8. The highest BCUT2D eigenvalue weighted by molar-refractivity contribution is 7.91. The van der Waals surface area contributed by atoms with Gasteiger partial charge in [-0.1, -0.05) is 12.1 Å². The van der Waals surface area contributed by atoms with E-state index < -0.39 is 10.0 Å². The number of morpholine rings is 1. The lowest BCUT2D eigenvalue weighted by molar-refractivity contribution is 0.0731. The lowest BCUT2D eigenvalue weighted by Crippen LogP contribution is -2.40. The van der Waals surface area contributed by atoms with Gasteiger partial charge in [-0.2, -0.15) is 4.31 Å². The second-order valence-corrected chi connectivity index (χ2v) is 11.1. The lowest BCUT2D eigenvalue weighted by atomic mass is 10.1. The van der Waals surface area contributed by atoms with Crippen LogP contribution in [0.1, 0.15) is 29.6 Å². The largest absolute Gasteiger partial charge is 0.379 e. The van der Waals surface area contributed by atoms with Gasteiger partial charge in [-0.15, -0.1) is 11.3 Å². The zero-order valence-corrected chi connectivity index (χ0v) is 19.2. The van der Waals surface area contributed by atoms with Crippen LogP contribution < -0.4 is 5.32 Å². The molecule has 3 heterocycles. The van der Waals surface area contributed by atoms with Gasteiger partial charge in [0.1, 0.15) is 4.21 Å². The number of sulfonamides is 1. The molecule has 0 aliphatic carbocycles. The maximum absolute atomic E-state index is 12.9. The Bertz CT molecular complexity index is 994. The van der Waals surface area contributed by atoms with Crippen molar-refractivity contribution < 1.29 is 17.9 Å². The first kappa shape index (κ1) is 22.4. The van der Waals surface area contributed by atoms with Gasteiger partial charge < -0.3 is 15.0 Å². The van der Waals surface area contributed by atoms with Crippen molar-refractivity contribution >= 4 is 27.3 Å². The second-order valence-electron chi connectivity index (χ2n) is 7.87. The number of nitrogens with zero attached hydrogens (tertiary/aromatic N) is 2. The van der Waals surface area contributed by atoms with Crippen LogP contribution in [0.25, 0.3) is 10.4 Å². The highest BCUT2D eigenvalue weighted by atomic mass is 32.2. The molecule has 168 valence electrons. The molecule has 2 saturated heterocycles. The monoisotopic (exact) mass is 463 g/mol. The summed E-state index contributed by atoms with van der Waals surface area (Å²) in [7, 11) is -3.51. The summed E-state index contributed by atoms with van der Waals surface area (Å²) in [4.78, 5) is 15.8. The zero-order chi connectivity index (χ0) is 21.7. The summed E-state index contributed by atoms with van der Waals surface area (Å²) in [5.41, 5.74) is 1.43. The molecule has 2 aliphatic rings. The van der Waals surface area contributed by atoms with Crippen LogP contribution in [0.2, 0.25) is 0 Å². The highest BCUT2D eigenvalue weighted by Crippen LogP contribution is 2.33. The summed E-state index contributed by atoms with van der Waals surface area (Å²) in [5.74, 6) is -0.0963. The number of thiophene rings is 1. The summed E-state index contributed by atoms with van der Waals surface area (Å²) in [6.45, 7) is 5.61. The van der Waals surface area contributed by atoms with Crippen molar-refractivity contribution in [1.29, 1.82) is 0 Å². The fourth-order valence-electron chi connectivity index (χ4n) is 3.95. The molecule has 2 aliphatic heterocycles. The van der Waals surface area contributed by atoms with Gasteiger partial charge in [-0.25, -0.2) is 8.42 Å². The van der Waals surface area contributed by atoms with Crippen molar-refractivity contribution in [3.63, 3.8) is 0 Å². The van der Waals surface area contributed by atoms with E-state index in [1.54, 1.807) is 12.1 Å². The lowest BCUT2D eigenvalue weighted by Gasteiger charge is -2.25. The fourth-order valence-corrected chi connectivity index (χ4v) is 6.82. The number of hydrogen-bond acceptors (Lipinski definition) is 6. The zero-order valence-electron chi connectivity index (χ0n) is 17.6. The maximum atomic E-state index is 12.9. The molecule has 1 N–H and O–H groups in total. The molecule has 0 bridgehead atoms. The van der Waals surface area contributed by atoms with Crippen molar-refractivity contribution in [2.24, 2.45) is 0 Å². The quantitative estimate of drug-likeness (QED) is 0.609. The Kier molecular flexibility index (Phi) is 7.39. The highest BCUT2D eigenvalue weighted by Gasteiger charge is 2.28. The number of hydrogen-bond donors (Lipinski definition) is 1. The molecule has 0 saturated carbocycles. The molecule has 7 nitrogen and oxygen atoms in total. The number of nitrogens with one attached hydrogen (secondary N) is 1. The van der Waals surface area contributed by atoms with Gasteiger partial charge >= 0.3 is 0 Å². The van der Waals surface area contributed by atoms with Gasteiger partial charge in [0.15, 0.2) is 0 Å². The molecule has 1 amide bonds. The van der Waals surface area contributed by atoms with Gasteiger partial charge in [0.2, 0.25) is 0 Å². The van der Waals surface area contributed by atoms with Crippen LogP contribution in [-0.2, 0) is 14.8 Å². The van der Waals surface area contributed by atoms with Gasteiger partial charge in [0.25, 0.3) is 15.9 Å². The Balaban J connectivity index is 1.38. The third-order valence-corrected chi connectivity index (χ3v) is 9.19. The minimum Gasteiger partial charge on any atom is -0.379 e. The van der Waals surface area contributed by atoms with E-state index in [1.807, 2.05) is 24.3 Å². The van der Waals surface area contributed by atoms with E-state index in [0.717, 1.165) is 23.4 Å². The Labute approximate surface area is 188 Å². The second kappa shape index (κ2) is 10.2. The number of amides is 1. The number of likely N-dealkylation sites (tertiary alicyclic amines) is 1. The van der Waals surface area contributed by atoms with Crippen LogP contribution in [0, 0.1) is 0 Å². The minimum atomic E-state index is -3.51. The molecular formula is C22H29N3O4S2. The molecule has 1 aromatic carbocycles. The smallest absolute Gasteiger partial charge is 0.252 e. The SMILES string of the molecule is O=C(NCCCN1CCCC1)c1cccc(-c2ccc(S(=O)(=O)N3CCOCC3)s2)c1. The standard InChI is InChI=1S/C22H29N3O4S2/c26-22(23-9-4-12-24-10-1-2-11-24)19-6-3-5-18(17-19)20-7-8-21(30-20)31(27,28)25-13-15-29-16-14-25/h3,5-8,17H,1-2,4,9-16H2,(H,23,26). The van der Waals surface area contributed by atoms with Crippen LogP contribution in [0.3, 0.4) is 0 Å². The fraction of sp³-hybridized carbons (Fsp3) is 0.500. The maximum Gasteiger partial charge on any atom is 0.252 e. The van der Waals surface area contributed by atoms with Gasteiger partial charge in [-0.3, -0.25) is 4.79 Å². The first-order valence-corrected chi connectivity index (χ1v) is 13.1. The summed E-state index contributed by atoms with van der Waals surface area (Å²) in [5, 5.41) is 3.00. The van der Waals surface area contributed by atoms with Crippen molar-refractivity contribution in [3.8, 4) is 10.4 Å². The van der Waals surface area contributed by atoms with Crippen LogP contribution in [0.5, 0.6) is 0 Å². The van der Waals surface area contributed by atoms with Crippen LogP contribution in [0.4, 0.5) is 0 Å². The Hall–Kier alpha value is -1.78. The number of benzene rings is 1. The molecule has 0 unspecified atom stereocenters. The summed E-state index contributed by atoms with van der Waals surface area (Å²) in [6.07, 6.45) is 3.49. The minimum absolute atomic E-state index is 0.0963. The van der Waals surface area contributed by atoms with Crippen molar-refractivity contribution in [2.45, 2.75) is 23.5 Å². The van der Waals surface area contributed by atoms with E-state index in [-0.39, 0.29) is 5.91 Å². The normalized spacial score (nSPS) is 18.3. The Morgan fingerprint density at radius 3 is 2.61 bits per heavy atom. The molecule has 0 atom stereocenters. The molecule has 9 heteroatoms. The molecule has 0 radical (unpaired) electrons. The molecule has 0 spiro atoms. The topological polar surface area (TPSA) is 79.0 Å². The molecule has 2 fully saturated rings. The van der Waals surface area contributed by atoms with Crippen LogP contribution in [0.15, 0.2) is 40.6 Å². The average Bonchev–Trinajstić information content (AvgIpc) is 3.50. The third kappa shape index (κ3) is 5.53. The van der Waals surface area contributed by atoms with E-state index >= 15 is 0 Å². The van der Waals surface area contributed by atoms with E-state index in [4.69, 9.17) is 4.74 Å². The van der Waals surface area contributed by atoms with E-state index in [2.05, 4.69) is 10.2 Å².